The number of benzene rings is 2. The summed E-state index contributed by atoms with van der Waals surface area (Å²) >= 11 is 0. The van der Waals surface area contributed by atoms with Gasteiger partial charge in [0.1, 0.15) is 0 Å². The van der Waals surface area contributed by atoms with Crippen LogP contribution in [-0.2, 0) is 14.8 Å². The number of ether oxygens (including phenoxy) is 1. The van der Waals surface area contributed by atoms with Crippen LogP contribution in [0.1, 0.15) is 45.7 Å². The highest BCUT2D eigenvalue weighted by atomic mass is 32.2. The van der Waals surface area contributed by atoms with Crippen LogP contribution in [0.4, 0.5) is 0 Å². The Bertz CT molecular complexity index is 947. The van der Waals surface area contributed by atoms with Gasteiger partial charge in [0.25, 0.3) is 0 Å². The molecule has 0 spiro atoms. The second-order valence-corrected chi connectivity index (χ2v) is 8.33. The number of carbonyl (C=O) groups is 2. The molecular formula is C20H23NO5S. The van der Waals surface area contributed by atoms with Crippen LogP contribution in [0.3, 0.4) is 0 Å². The molecule has 2 aromatic rings. The lowest BCUT2D eigenvalue weighted by Gasteiger charge is -2.10. The Kier molecular flexibility index (Phi) is 6.51. The minimum atomic E-state index is -3.63. The van der Waals surface area contributed by atoms with E-state index in [1.165, 1.54) is 24.3 Å². The van der Waals surface area contributed by atoms with Gasteiger partial charge in [0.05, 0.1) is 10.5 Å². The molecule has 0 aromatic heterocycles. The van der Waals surface area contributed by atoms with Crippen molar-refractivity contribution in [2.45, 2.75) is 38.6 Å². The molecule has 7 heteroatoms. The van der Waals surface area contributed by atoms with E-state index in [-0.39, 0.29) is 28.9 Å². The zero-order valence-corrected chi connectivity index (χ0v) is 16.6. The van der Waals surface area contributed by atoms with Crippen molar-refractivity contribution in [2.24, 2.45) is 0 Å². The summed E-state index contributed by atoms with van der Waals surface area (Å²) < 4.78 is 31.7. The van der Waals surface area contributed by atoms with Gasteiger partial charge in [-0.15, -0.1) is 0 Å². The van der Waals surface area contributed by atoms with Crippen molar-refractivity contribution < 1.29 is 22.7 Å². The number of sulfonamides is 1. The number of ketones is 1. The first-order valence-electron chi connectivity index (χ1n) is 8.50. The fourth-order valence-electron chi connectivity index (χ4n) is 2.48. The van der Waals surface area contributed by atoms with E-state index in [1.54, 1.807) is 19.9 Å². The van der Waals surface area contributed by atoms with E-state index in [0.29, 0.717) is 5.56 Å². The van der Waals surface area contributed by atoms with Crippen LogP contribution in [-0.4, -0.2) is 32.8 Å². The van der Waals surface area contributed by atoms with Crippen LogP contribution < -0.4 is 4.72 Å². The van der Waals surface area contributed by atoms with E-state index in [9.17, 15) is 18.0 Å². The number of Topliss-reactive ketones (excluding diaryl/α,β-unsaturated/α-hetero) is 1. The van der Waals surface area contributed by atoms with Crippen LogP contribution in [0.2, 0.25) is 0 Å². The molecule has 0 aliphatic rings. The lowest BCUT2D eigenvalue weighted by atomic mass is 10.0. The summed E-state index contributed by atoms with van der Waals surface area (Å²) in [6, 6.07) is 10.6. The molecule has 2 aromatic carbocycles. The fraction of sp³-hybridized carbons (Fsp3) is 0.300. The Morgan fingerprint density at radius 2 is 1.67 bits per heavy atom. The first-order valence-corrected chi connectivity index (χ1v) is 9.98. The Labute approximate surface area is 159 Å². The molecule has 1 N–H and O–H groups in total. The number of hydrogen-bond donors (Lipinski definition) is 1. The molecule has 0 aliphatic carbocycles. The van der Waals surface area contributed by atoms with Crippen molar-refractivity contribution in [3.63, 3.8) is 0 Å². The molecule has 0 heterocycles. The molecule has 0 atom stereocenters. The number of nitrogens with one attached hydrogen (secondary N) is 1. The topological polar surface area (TPSA) is 89.5 Å². The van der Waals surface area contributed by atoms with Crippen molar-refractivity contribution in [3.05, 3.63) is 64.7 Å². The van der Waals surface area contributed by atoms with Crippen molar-refractivity contribution in [3.8, 4) is 0 Å². The summed E-state index contributed by atoms with van der Waals surface area (Å²) in [7, 11) is -3.63. The van der Waals surface area contributed by atoms with E-state index < -0.39 is 16.0 Å². The number of rotatable bonds is 7. The van der Waals surface area contributed by atoms with Gasteiger partial charge in [-0.05, 0) is 63.6 Å². The third-order valence-corrected chi connectivity index (χ3v) is 5.49. The zero-order valence-electron chi connectivity index (χ0n) is 15.8. The molecule has 0 bridgehead atoms. The Morgan fingerprint density at radius 3 is 2.26 bits per heavy atom. The summed E-state index contributed by atoms with van der Waals surface area (Å²) in [6.45, 7) is 6.76. The van der Waals surface area contributed by atoms with Crippen molar-refractivity contribution in [2.75, 3.05) is 6.61 Å². The first kappa shape index (κ1) is 20.8. The molecule has 0 radical (unpaired) electrons. The van der Waals surface area contributed by atoms with E-state index in [4.69, 9.17) is 4.74 Å². The standard InChI is InChI=1S/C20H23NO5S/c1-13(2)21-27(24,25)17-9-7-16(8-10-17)20(23)26-12-19(22)18-11-14(3)5-6-15(18)4/h5-11,13,21H,12H2,1-4H3. The van der Waals surface area contributed by atoms with Gasteiger partial charge in [-0.25, -0.2) is 17.9 Å². The normalized spacial score (nSPS) is 11.4. The largest absolute Gasteiger partial charge is 0.454 e. The second kappa shape index (κ2) is 8.45. The lowest BCUT2D eigenvalue weighted by Crippen LogP contribution is -2.30. The van der Waals surface area contributed by atoms with E-state index in [0.717, 1.165) is 11.1 Å². The quantitative estimate of drug-likeness (QED) is 0.581. The second-order valence-electron chi connectivity index (χ2n) is 6.62. The van der Waals surface area contributed by atoms with Gasteiger partial charge >= 0.3 is 5.97 Å². The van der Waals surface area contributed by atoms with Crippen LogP contribution in [0.25, 0.3) is 0 Å². The zero-order chi connectivity index (χ0) is 20.2. The maximum absolute atomic E-state index is 12.3. The Balaban J connectivity index is 2.04. The van der Waals surface area contributed by atoms with Gasteiger partial charge in [-0.1, -0.05) is 17.7 Å². The maximum atomic E-state index is 12.3. The summed E-state index contributed by atoms with van der Waals surface area (Å²) in [6.07, 6.45) is 0. The van der Waals surface area contributed by atoms with E-state index >= 15 is 0 Å². The summed E-state index contributed by atoms with van der Waals surface area (Å²) in [5.74, 6) is -0.973. The van der Waals surface area contributed by atoms with Gasteiger partial charge in [-0.2, -0.15) is 0 Å². The molecule has 144 valence electrons. The lowest BCUT2D eigenvalue weighted by molar-refractivity contribution is 0.0474. The van der Waals surface area contributed by atoms with E-state index in [1.807, 2.05) is 26.0 Å². The molecule has 0 unspecified atom stereocenters. The molecule has 0 aliphatic heterocycles. The molecule has 27 heavy (non-hydrogen) atoms. The molecule has 0 saturated carbocycles. The summed E-state index contributed by atoms with van der Waals surface area (Å²) in [4.78, 5) is 24.5. The molecule has 0 saturated heterocycles. The number of hydrogen-bond acceptors (Lipinski definition) is 5. The predicted octanol–water partition coefficient (Wildman–Crippen LogP) is 3.03. The number of aryl methyl sites for hydroxylation is 2. The third kappa shape index (κ3) is 5.48. The van der Waals surface area contributed by atoms with Gasteiger partial charge in [0.15, 0.2) is 6.61 Å². The average molecular weight is 389 g/mol. The van der Waals surface area contributed by atoms with Crippen LogP contribution in [0, 0.1) is 13.8 Å². The predicted molar refractivity (Wildman–Crippen MR) is 102 cm³/mol. The molecule has 6 nitrogen and oxygen atoms in total. The smallest absolute Gasteiger partial charge is 0.338 e. The van der Waals surface area contributed by atoms with Gasteiger partial charge < -0.3 is 4.74 Å². The Hall–Kier alpha value is -2.51. The highest BCUT2D eigenvalue weighted by Crippen LogP contribution is 2.14. The van der Waals surface area contributed by atoms with Gasteiger partial charge in [0.2, 0.25) is 15.8 Å². The summed E-state index contributed by atoms with van der Waals surface area (Å²) in [5.41, 5.74) is 2.45. The van der Waals surface area contributed by atoms with Crippen LogP contribution >= 0.6 is 0 Å². The maximum Gasteiger partial charge on any atom is 0.338 e. The Morgan fingerprint density at radius 1 is 1.04 bits per heavy atom. The fourth-order valence-corrected chi connectivity index (χ4v) is 3.73. The first-order chi connectivity index (χ1) is 12.6. The summed E-state index contributed by atoms with van der Waals surface area (Å²) in [5, 5.41) is 0. The minimum absolute atomic E-state index is 0.0548. The van der Waals surface area contributed by atoms with Crippen LogP contribution in [0.5, 0.6) is 0 Å². The van der Waals surface area contributed by atoms with Crippen molar-refractivity contribution >= 4 is 21.8 Å². The number of carbonyl (C=O) groups excluding carboxylic acids is 2. The van der Waals surface area contributed by atoms with Gasteiger partial charge in [-0.3, -0.25) is 4.79 Å². The molecular weight excluding hydrogens is 366 g/mol. The molecule has 0 amide bonds. The number of esters is 1. The SMILES string of the molecule is Cc1ccc(C)c(C(=O)COC(=O)c2ccc(S(=O)(=O)NC(C)C)cc2)c1. The van der Waals surface area contributed by atoms with Crippen LogP contribution in [0.15, 0.2) is 47.4 Å². The monoisotopic (exact) mass is 389 g/mol. The highest BCUT2D eigenvalue weighted by Gasteiger charge is 2.17. The van der Waals surface area contributed by atoms with Crippen molar-refractivity contribution in [1.82, 2.24) is 4.72 Å². The molecule has 0 fully saturated rings. The average Bonchev–Trinajstić information content (AvgIpc) is 2.60. The highest BCUT2D eigenvalue weighted by molar-refractivity contribution is 7.89. The molecule has 2 rings (SSSR count). The van der Waals surface area contributed by atoms with Gasteiger partial charge in [0, 0.05) is 11.6 Å². The third-order valence-electron chi connectivity index (χ3n) is 3.82. The van der Waals surface area contributed by atoms with Crippen molar-refractivity contribution in [1.29, 1.82) is 0 Å². The minimum Gasteiger partial charge on any atom is -0.454 e. The van der Waals surface area contributed by atoms with E-state index in [2.05, 4.69) is 4.72 Å².